The minimum absolute atomic E-state index is 0.0106. The molecular formula is C117H118N4O14. The Labute approximate surface area is 789 Å². The van der Waals surface area contributed by atoms with Crippen LogP contribution >= 0.6 is 0 Å². The normalized spacial score (nSPS) is 14.3. The molecule has 0 unspecified atom stereocenters. The number of hydrogen-bond donors (Lipinski definition) is 1. The third-order valence-electron chi connectivity index (χ3n) is 25.5. The lowest BCUT2D eigenvalue weighted by Crippen LogP contribution is -2.27. The van der Waals surface area contributed by atoms with Crippen LogP contribution in [0.2, 0.25) is 0 Å². The number of aromatic hydroxyl groups is 1. The lowest BCUT2D eigenvalue weighted by Gasteiger charge is -2.31. The summed E-state index contributed by atoms with van der Waals surface area (Å²) in [6.45, 7) is 40.6. The minimum atomic E-state index is -0.840. The quantitative estimate of drug-likeness (QED) is 0.0894. The van der Waals surface area contributed by atoms with Gasteiger partial charge in [0.1, 0.15) is 58.9 Å². The van der Waals surface area contributed by atoms with Crippen LogP contribution in [0.25, 0.3) is 131 Å². The Kier molecular flexibility index (Phi) is 25.7. The number of aryl methyl sites for hydroxylation is 2. The average molecular weight is 1800 g/mol. The molecule has 0 bridgehead atoms. The van der Waals surface area contributed by atoms with Gasteiger partial charge in [-0.25, -0.2) is 0 Å². The van der Waals surface area contributed by atoms with Crippen LogP contribution < -0.4 is 23.7 Å². The van der Waals surface area contributed by atoms with Gasteiger partial charge in [-0.05, 0) is 321 Å². The van der Waals surface area contributed by atoms with Crippen molar-refractivity contribution in [2.45, 2.75) is 211 Å². The van der Waals surface area contributed by atoms with Gasteiger partial charge in [0.05, 0.1) is 78.0 Å². The van der Waals surface area contributed by atoms with Gasteiger partial charge >= 0.3 is 0 Å². The zero-order valence-corrected chi connectivity index (χ0v) is 81.1. The first-order valence-electron chi connectivity index (χ1n) is 46.6. The van der Waals surface area contributed by atoms with E-state index in [0.29, 0.717) is 37.6 Å². The van der Waals surface area contributed by atoms with E-state index in [1.807, 2.05) is 219 Å². The highest BCUT2D eigenvalue weighted by atomic mass is 16.5. The van der Waals surface area contributed by atoms with Gasteiger partial charge < -0.3 is 47.7 Å². The highest BCUT2D eigenvalue weighted by molar-refractivity contribution is 6.15. The van der Waals surface area contributed by atoms with Crippen LogP contribution in [0.4, 0.5) is 0 Å². The van der Waals surface area contributed by atoms with Crippen LogP contribution in [0, 0.1) is 27.7 Å². The number of ether oxygens (including phenoxy) is 9. The molecule has 0 saturated heterocycles. The van der Waals surface area contributed by atoms with Crippen molar-refractivity contribution in [2.75, 3.05) is 33.5 Å². The average Bonchev–Trinajstić information content (AvgIpc) is 0.738. The summed E-state index contributed by atoms with van der Waals surface area (Å²) < 4.78 is 55.2. The molecule has 16 aromatic rings. The summed E-state index contributed by atoms with van der Waals surface area (Å²) >= 11 is 0. The summed E-state index contributed by atoms with van der Waals surface area (Å²) in [7, 11) is 1.67. The van der Waals surface area contributed by atoms with Gasteiger partial charge in [0, 0.05) is 116 Å². The number of rotatable bonds is 17. The number of methoxy groups -OCH3 is 1. The molecule has 0 spiro atoms. The Morgan fingerprint density at radius 2 is 0.585 bits per heavy atom. The van der Waals surface area contributed by atoms with Gasteiger partial charge in [-0.3, -0.25) is 39.1 Å². The lowest BCUT2D eigenvalue weighted by molar-refractivity contribution is -0.139. The van der Waals surface area contributed by atoms with Gasteiger partial charge in [0.15, 0.2) is 23.1 Å². The van der Waals surface area contributed by atoms with Gasteiger partial charge in [0.2, 0.25) is 0 Å². The first kappa shape index (κ1) is 93.4. The van der Waals surface area contributed by atoms with Crippen molar-refractivity contribution >= 4 is 110 Å². The molecule has 12 aromatic carbocycles. The number of pyridine rings is 4. The standard InChI is InChI=1S/C30H31NO4.C29H29NO4.2C29H29NO3/c1-17-24(29(18(2)32)35-30(3,4)5)26(20-9-7-8-10-21(20)28(17)33-6)22-11-12-23-25-19(14-16-34-23)13-15-31-27(22)25;1-16-23(28(17(2)31)34-29(3,4)5)25(19-8-6-7-9-20(19)27(16)32)21-10-11-22-24-18(13-15-33-22)12-14-30-26(21)24;2*1-17-16-20-8-6-7-9-21(20)26(24(17)28(18(2)31)33-29(3,4)5)22-10-11-23-25-19(13-15-32-23)12-14-30-27(22)25/h7-13,15,29H,14,16H2,1-6H3;6-12,14,28,32H,13,15H2,1-5H3;2*6-12,14,16,28H,13,15H2,1-5H3/t29-;3*28-/m1111/s1. The predicted octanol–water partition coefficient (Wildman–Crippen LogP) is 26.7. The van der Waals surface area contributed by atoms with Crippen molar-refractivity contribution in [1.29, 1.82) is 0 Å². The molecule has 4 aliphatic rings. The Hall–Kier alpha value is -13.4. The Morgan fingerprint density at radius 3 is 0.881 bits per heavy atom. The van der Waals surface area contributed by atoms with Crippen molar-refractivity contribution in [3.63, 3.8) is 0 Å². The zero-order valence-electron chi connectivity index (χ0n) is 81.1. The van der Waals surface area contributed by atoms with Gasteiger partial charge in [0.25, 0.3) is 0 Å². The molecule has 18 nitrogen and oxygen atoms in total. The maximum Gasteiger partial charge on any atom is 0.163 e. The van der Waals surface area contributed by atoms with E-state index in [1.165, 1.54) is 29.2 Å². The van der Waals surface area contributed by atoms with E-state index in [1.54, 1.807) is 27.9 Å². The summed E-state index contributed by atoms with van der Waals surface area (Å²) in [5.74, 6) is 4.14. The van der Waals surface area contributed by atoms with E-state index in [0.717, 1.165) is 219 Å². The van der Waals surface area contributed by atoms with Crippen LogP contribution in [0.5, 0.6) is 34.5 Å². The van der Waals surface area contributed by atoms with Crippen molar-refractivity contribution in [3.05, 3.63) is 274 Å². The molecule has 4 aromatic heterocycles. The largest absolute Gasteiger partial charge is 0.507 e. The summed E-state index contributed by atoms with van der Waals surface area (Å²) in [5, 5.41) is 23.3. The number of aromatic nitrogens is 4. The number of ketones is 4. The van der Waals surface area contributed by atoms with Crippen LogP contribution in [0.1, 0.15) is 202 Å². The minimum Gasteiger partial charge on any atom is -0.507 e. The number of fused-ring (bicyclic) bond motifs is 4. The number of phenolic OH excluding ortho intramolecular Hbond substituents is 1. The summed E-state index contributed by atoms with van der Waals surface area (Å²) in [4.78, 5) is 71.2. The third-order valence-corrected chi connectivity index (χ3v) is 25.5. The molecule has 0 radical (unpaired) electrons. The monoisotopic (exact) mass is 1800 g/mol. The molecule has 4 atom stereocenters. The first-order valence-corrected chi connectivity index (χ1v) is 46.6. The second-order valence-corrected chi connectivity index (χ2v) is 39.7. The number of carbonyl (C=O) groups excluding carboxylic acids is 4. The highest BCUT2D eigenvalue weighted by Crippen LogP contribution is 2.54. The van der Waals surface area contributed by atoms with Gasteiger partial charge in [-0.15, -0.1) is 0 Å². The van der Waals surface area contributed by atoms with E-state index < -0.39 is 46.8 Å². The molecule has 0 aliphatic carbocycles. The van der Waals surface area contributed by atoms with E-state index in [9.17, 15) is 24.3 Å². The third kappa shape index (κ3) is 18.3. The summed E-state index contributed by atoms with van der Waals surface area (Å²) in [6.07, 6.45) is 7.89. The summed E-state index contributed by atoms with van der Waals surface area (Å²) in [5.41, 5.74) is 21.0. The number of hydrogen-bond acceptors (Lipinski definition) is 18. The van der Waals surface area contributed by atoms with Crippen molar-refractivity contribution in [1.82, 2.24) is 19.9 Å². The Balaban J connectivity index is 0.000000125. The second kappa shape index (κ2) is 37.1. The molecule has 0 amide bonds. The van der Waals surface area contributed by atoms with Crippen molar-refractivity contribution in [3.8, 4) is 79.0 Å². The molecule has 690 valence electrons. The zero-order chi connectivity index (χ0) is 95.8. The number of benzene rings is 12. The number of Topliss-reactive ketones (excluding diaryl/α,β-unsaturated/α-hetero) is 4. The highest BCUT2D eigenvalue weighted by Gasteiger charge is 2.39. The molecule has 8 heterocycles. The van der Waals surface area contributed by atoms with E-state index in [4.69, 9.17) is 62.6 Å². The van der Waals surface area contributed by atoms with Gasteiger partial charge in [-0.1, -0.05) is 109 Å². The van der Waals surface area contributed by atoms with Crippen molar-refractivity contribution < 1.29 is 66.9 Å². The number of nitrogens with zero attached hydrogens (tertiary/aromatic N) is 4. The maximum atomic E-state index is 13.1. The molecule has 4 aliphatic heterocycles. The predicted molar refractivity (Wildman–Crippen MR) is 540 cm³/mol. The molecule has 20 rings (SSSR count). The molecular weight excluding hydrogens is 1690 g/mol. The lowest BCUT2D eigenvalue weighted by atomic mass is 9.84. The van der Waals surface area contributed by atoms with Crippen LogP contribution in [-0.2, 0) is 63.8 Å². The fraction of sp³-hybridized carbons (Fsp3) is 0.316. The maximum absolute atomic E-state index is 13.1. The second-order valence-electron chi connectivity index (χ2n) is 39.7. The SMILES string of the molecule is CC(=O)[C@@H](OC(C)(C)C)c1c(C)c(O)c2ccccc2c1-c1ccc2c3c(ccnc13)CCO2.CC(=O)[C@@H](OC(C)(C)C)c1c(C)cc2ccccc2c1-c1ccc2c3c(ccnc13)CCO2.CC(=O)[C@@H](OC(C)(C)C)c1c(C)cc2ccccc2c1-c1ccc2c3c(ccnc13)CCO2.COc1c(C)c([C@H](OC(C)(C)C)C(C)=O)c(-c2ccc3c4c(ccnc24)CCO3)c2ccccc12. The van der Waals surface area contributed by atoms with Crippen LogP contribution in [0.3, 0.4) is 0 Å². The molecule has 1 N–H and O–H groups in total. The number of phenols is 1. The van der Waals surface area contributed by atoms with Crippen LogP contribution in [0.15, 0.2) is 207 Å². The fourth-order valence-electron chi connectivity index (χ4n) is 20.1. The van der Waals surface area contributed by atoms with E-state index >= 15 is 0 Å². The molecule has 0 fully saturated rings. The van der Waals surface area contributed by atoms with Gasteiger partial charge in [-0.2, -0.15) is 0 Å². The molecule has 18 heteroatoms. The van der Waals surface area contributed by atoms with Crippen molar-refractivity contribution in [2.24, 2.45) is 0 Å². The Bertz CT molecular complexity index is 7210. The van der Waals surface area contributed by atoms with Crippen LogP contribution in [-0.4, -0.2) is 104 Å². The fourth-order valence-corrected chi connectivity index (χ4v) is 20.1. The summed E-state index contributed by atoms with van der Waals surface area (Å²) in [6, 6.07) is 61.4. The Morgan fingerprint density at radius 1 is 0.326 bits per heavy atom. The smallest absolute Gasteiger partial charge is 0.163 e. The van der Waals surface area contributed by atoms with E-state index in [2.05, 4.69) is 98.8 Å². The number of carbonyl (C=O) groups is 4. The first-order chi connectivity index (χ1) is 64.4. The topological polar surface area (TPSA) is 223 Å². The van der Waals surface area contributed by atoms with E-state index in [-0.39, 0.29) is 28.9 Å². The molecule has 0 saturated carbocycles. The molecule has 135 heavy (non-hydrogen) atoms.